The molecular formula is C27H36N2O2. The highest BCUT2D eigenvalue weighted by Gasteiger charge is 2.50. The molecule has 0 aromatic heterocycles. The van der Waals surface area contributed by atoms with Crippen LogP contribution in [0, 0.1) is 29.1 Å². The maximum Gasteiger partial charge on any atom is 0.246 e. The van der Waals surface area contributed by atoms with E-state index in [1.165, 1.54) is 44.9 Å². The SMILES string of the molecule is O=C(NCCC12CC3CC(CC(C3)C1)C2)C1CCN(C(=O)/C=C/c2ccccc2)CC1. The maximum atomic E-state index is 12.7. The van der Waals surface area contributed by atoms with Crippen molar-refractivity contribution in [2.24, 2.45) is 29.1 Å². The molecule has 166 valence electrons. The fraction of sp³-hybridized carbons (Fsp3) is 0.630. The minimum Gasteiger partial charge on any atom is -0.356 e. The number of amides is 2. The summed E-state index contributed by atoms with van der Waals surface area (Å²) in [6.45, 7) is 2.18. The maximum absolute atomic E-state index is 12.7. The van der Waals surface area contributed by atoms with Gasteiger partial charge < -0.3 is 10.2 Å². The summed E-state index contributed by atoms with van der Waals surface area (Å²) in [5.74, 6) is 3.22. The standard InChI is InChI=1S/C27H36N2O2/c30-25(7-6-20-4-2-1-3-5-20)29-12-8-24(9-13-29)26(31)28-11-10-27-17-21-14-22(18-27)16-23(15-21)19-27/h1-7,21-24H,8-19H2,(H,28,31)/b7-6+. The molecule has 4 bridgehead atoms. The molecule has 4 aliphatic carbocycles. The lowest BCUT2D eigenvalue weighted by Gasteiger charge is -2.57. The predicted molar refractivity (Wildman–Crippen MR) is 123 cm³/mol. The van der Waals surface area contributed by atoms with Crippen molar-refractivity contribution in [2.75, 3.05) is 19.6 Å². The lowest BCUT2D eigenvalue weighted by atomic mass is 9.49. The van der Waals surface area contributed by atoms with E-state index in [1.807, 2.05) is 41.3 Å². The fourth-order valence-corrected chi connectivity index (χ4v) is 7.39. The lowest BCUT2D eigenvalue weighted by Crippen LogP contribution is -2.48. The number of rotatable bonds is 6. The zero-order chi connectivity index (χ0) is 21.3. The molecule has 4 nitrogen and oxygen atoms in total. The van der Waals surface area contributed by atoms with E-state index in [9.17, 15) is 9.59 Å². The molecule has 4 saturated carbocycles. The Morgan fingerprint density at radius 3 is 2.19 bits per heavy atom. The Kier molecular flexibility index (Phi) is 5.90. The van der Waals surface area contributed by atoms with Gasteiger partial charge >= 0.3 is 0 Å². The van der Waals surface area contributed by atoms with Crippen molar-refractivity contribution in [1.82, 2.24) is 10.2 Å². The van der Waals surface area contributed by atoms with Gasteiger partial charge in [-0.15, -0.1) is 0 Å². The van der Waals surface area contributed by atoms with E-state index in [1.54, 1.807) is 6.08 Å². The van der Waals surface area contributed by atoms with E-state index in [0.29, 0.717) is 18.5 Å². The van der Waals surface area contributed by atoms with Crippen molar-refractivity contribution in [3.63, 3.8) is 0 Å². The first-order chi connectivity index (χ1) is 15.1. The number of nitrogens with zero attached hydrogens (tertiary/aromatic N) is 1. The first-order valence-corrected chi connectivity index (χ1v) is 12.4. The van der Waals surface area contributed by atoms with Crippen LogP contribution in [0.15, 0.2) is 36.4 Å². The first kappa shape index (κ1) is 20.8. The molecule has 2 amide bonds. The van der Waals surface area contributed by atoms with Crippen LogP contribution >= 0.6 is 0 Å². The van der Waals surface area contributed by atoms with Gasteiger partial charge in [0.2, 0.25) is 11.8 Å². The molecule has 5 aliphatic rings. The van der Waals surface area contributed by atoms with Crippen LogP contribution in [0.3, 0.4) is 0 Å². The second kappa shape index (κ2) is 8.80. The van der Waals surface area contributed by atoms with E-state index in [2.05, 4.69) is 5.32 Å². The van der Waals surface area contributed by atoms with Crippen LogP contribution in [0.2, 0.25) is 0 Å². The molecule has 5 fully saturated rings. The molecule has 4 heteroatoms. The Labute approximate surface area is 186 Å². The molecule has 1 aromatic carbocycles. The van der Waals surface area contributed by atoms with Gasteiger partial charge in [-0.05, 0) is 92.6 Å². The Morgan fingerprint density at radius 2 is 1.58 bits per heavy atom. The summed E-state index contributed by atoms with van der Waals surface area (Å²) in [6, 6.07) is 9.89. The van der Waals surface area contributed by atoms with E-state index < -0.39 is 0 Å². The zero-order valence-corrected chi connectivity index (χ0v) is 18.6. The average Bonchev–Trinajstić information content (AvgIpc) is 2.77. The van der Waals surface area contributed by atoms with Gasteiger partial charge in [0.05, 0.1) is 0 Å². The Balaban J connectivity index is 1.05. The molecule has 0 atom stereocenters. The van der Waals surface area contributed by atoms with Crippen molar-refractivity contribution in [3.8, 4) is 0 Å². The number of nitrogens with one attached hydrogen (secondary N) is 1. The molecule has 0 unspecified atom stereocenters. The van der Waals surface area contributed by atoms with Crippen molar-refractivity contribution in [2.45, 2.75) is 57.8 Å². The minimum atomic E-state index is 0.0459. The van der Waals surface area contributed by atoms with Gasteiger partial charge in [-0.3, -0.25) is 9.59 Å². The van der Waals surface area contributed by atoms with Gasteiger partial charge in [-0.25, -0.2) is 0 Å². The summed E-state index contributed by atoms with van der Waals surface area (Å²) >= 11 is 0. The third-order valence-corrected chi connectivity index (χ3v) is 8.51. The Bertz CT molecular complexity index is 788. The van der Waals surface area contributed by atoms with Gasteiger partial charge in [-0.1, -0.05) is 30.3 Å². The Morgan fingerprint density at radius 1 is 0.968 bits per heavy atom. The normalized spacial score (nSPS) is 32.5. The molecule has 0 radical (unpaired) electrons. The summed E-state index contributed by atoms with van der Waals surface area (Å²) in [5.41, 5.74) is 1.56. The molecule has 1 aliphatic heterocycles. The molecule has 31 heavy (non-hydrogen) atoms. The number of benzene rings is 1. The monoisotopic (exact) mass is 420 g/mol. The van der Waals surface area contributed by atoms with Gasteiger partial charge in [0, 0.05) is 31.6 Å². The van der Waals surface area contributed by atoms with E-state index in [-0.39, 0.29) is 17.7 Å². The van der Waals surface area contributed by atoms with Gasteiger partial charge in [0.1, 0.15) is 0 Å². The predicted octanol–water partition coefficient (Wildman–Crippen LogP) is 4.66. The highest BCUT2D eigenvalue weighted by Crippen LogP contribution is 2.61. The quantitative estimate of drug-likeness (QED) is 0.681. The van der Waals surface area contributed by atoms with Crippen LogP contribution in [-0.2, 0) is 9.59 Å². The van der Waals surface area contributed by atoms with Crippen molar-refractivity contribution in [1.29, 1.82) is 0 Å². The van der Waals surface area contributed by atoms with Crippen LogP contribution < -0.4 is 5.32 Å². The summed E-state index contributed by atoms with van der Waals surface area (Å²) in [6.07, 6.45) is 14.9. The second-order valence-corrected chi connectivity index (χ2v) is 10.8. The van der Waals surface area contributed by atoms with Crippen molar-refractivity contribution in [3.05, 3.63) is 42.0 Å². The van der Waals surface area contributed by atoms with Gasteiger partial charge in [0.15, 0.2) is 0 Å². The smallest absolute Gasteiger partial charge is 0.246 e. The molecular weight excluding hydrogens is 384 g/mol. The highest BCUT2D eigenvalue weighted by atomic mass is 16.2. The third kappa shape index (κ3) is 4.73. The zero-order valence-electron chi connectivity index (χ0n) is 18.6. The molecule has 1 N–H and O–H groups in total. The number of carbonyl (C=O) groups excluding carboxylic acids is 2. The molecule has 0 spiro atoms. The summed E-state index contributed by atoms with van der Waals surface area (Å²) in [7, 11) is 0. The summed E-state index contributed by atoms with van der Waals surface area (Å²) < 4.78 is 0. The van der Waals surface area contributed by atoms with Crippen LogP contribution in [0.1, 0.15) is 63.4 Å². The molecule has 1 saturated heterocycles. The van der Waals surface area contributed by atoms with Crippen molar-refractivity contribution < 1.29 is 9.59 Å². The number of hydrogen-bond acceptors (Lipinski definition) is 2. The summed E-state index contributed by atoms with van der Waals surface area (Å²) in [5, 5.41) is 3.26. The number of likely N-dealkylation sites (tertiary alicyclic amines) is 1. The van der Waals surface area contributed by atoms with E-state index in [0.717, 1.165) is 42.7 Å². The van der Waals surface area contributed by atoms with Gasteiger partial charge in [0.25, 0.3) is 0 Å². The van der Waals surface area contributed by atoms with Crippen LogP contribution in [0.4, 0.5) is 0 Å². The Hall–Kier alpha value is -2.10. The van der Waals surface area contributed by atoms with Crippen molar-refractivity contribution >= 4 is 17.9 Å². The topological polar surface area (TPSA) is 49.4 Å². The first-order valence-electron chi connectivity index (χ1n) is 12.4. The molecule has 1 heterocycles. The van der Waals surface area contributed by atoms with Crippen LogP contribution in [0.5, 0.6) is 0 Å². The number of carbonyl (C=O) groups is 2. The minimum absolute atomic E-state index is 0.0459. The van der Waals surface area contributed by atoms with Crippen LogP contribution in [0.25, 0.3) is 6.08 Å². The molecule has 1 aromatic rings. The number of piperidine rings is 1. The van der Waals surface area contributed by atoms with Crippen LogP contribution in [-0.4, -0.2) is 36.3 Å². The third-order valence-electron chi connectivity index (χ3n) is 8.51. The van der Waals surface area contributed by atoms with Gasteiger partial charge in [-0.2, -0.15) is 0 Å². The highest BCUT2D eigenvalue weighted by molar-refractivity contribution is 5.92. The number of hydrogen-bond donors (Lipinski definition) is 1. The lowest BCUT2D eigenvalue weighted by molar-refractivity contribution is -0.132. The average molecular weight is 421 g/mol. The molecule has 6 rings (SSSR count). The van der Waals surface area contributed by atoms with E-state index in [4.69, 9.17) is 0 Å². The fourth-order valence-electron chi connectivity index (χ4n) is 7.39. The summed E-state index contributed by atoms with van der Waals surface area (Å²) in [4.78, 5) is 27.1. The largest absolute Gasteiger partial charge is 0.356 e. The second-order valence-electron chi connectivity index (χ2n) is 10.8. The van der Waals surface area contributed by atoms with E-state index >= 15 is 0 Å².